The van der Waals surface area contributed by atoms with Gasteiger partial charge >= 0.3 is 0 Å². The lowest BCUT2D eigenvalue weighted by Gasteiger charge is -2.35. The van der Waals surface area contributed by atoms with Crippen LogP contribution in [-0.2, 0) is 19.4 Å². The molecular formula is C17H22N2. The summed E-state index contributed by atoms with van der Waals surface area (Å²) in [6.07, 6.45) is 8.53. The van der Waals surface area contributed by atoms with Crippen molar-refractivity contribution < 1.29 is 0 Å². The molecule has 1 fully saturated rings. The fourth-order valence-electron chi connectivity index (χ4n) is 3.27. The quantitative estimate of drug-likeness (QED) is 0.894. The van der Waals surface area contributed by atoms with Crippen LogP contribution in [0.2, 0.25) is 0 Å². The summed E-state index contributed by atoms with van der Waals surface area (Å²) >= 11 is 0. The molecule has 0 amide bonds. The maximum absolute atomic E-state index is 9.20. The molecule has 100 valence electrons. The number of nitrogens with one attached hydrogen (secondary N) is 1. The molecule has 2 aliphatic carbocycles. The van der Waals surface area contributed by atoms with Crippen LogP contribution in [0.4, 0.5) is 0 Å². The normalized spacial score (nSPS) is 20.2. The van der Waals surface area contributed by atoms with E-state index in [1.807, 2.05) is 0 Å². The SMILES string of the molecule is N#CC1(CNCc2ccc3c(c2)CCCC3)CCC1. The van der Waals surface area contributed by atoms with Gasteiger partial charge in [-0.05, 0) is 55.2 Å². The van der Waals surface area contributed by atoms with Crippen molar-refractivity contribution in [2.45, 2.75) is 51.5 Å². The van der Waals surface area contributed by atoms with Gasteiger partial charge in [-0.1, -0.05) is 24.6 Å². The van der Waals surface area contributed by atoms with Gasteiger partial charge in [0.1, 0.15) is 0 Å². The predicted molar refractivity (Wildman–Crippen MR) is 76.7 cm³/mol. The average molecular weight is 254 g/mol. The number of nitriles is 1. The zero-order valence-electron chi connectivity index (χ0n) is 11.5. The monoisotopic (exact) mass is 254 g/mol. The molecule has 3 rings (SSSR count). The molecule has 1 saturated carbocycles. The van der Waals surface area contributed by atoms with Gasteiger partial charge < -0.3 is 5.32 Å². The Morgan fingerprint density at radius 3 is 2.58 bits per heavy atom. The summed E-state index contributed by atoms with van der Waals surface area (Å²) < 4.78 is 0. The Labute approximate surface area is 115 Å². The summed E-state index contributed by atoms with van der Waals surface area (Å²) in [6.45, 7) is 1.75. The molecule has 0 saturated heterocycles. The molecule has 1 aromatic rings. The zero-order chi connectivity index (χ0) is 13.1. The van der Waals surface area contributed by atoms with Gasteiger partial charge in [-0.15, -0.1) is 0 Å². The van der Waals surface area contributed by atoms with E-state index in [0.29, 0.717) is 0 Å². The van der Waals surface area contributed by atoms with Crippen LogP contribution in [-0.4, -0.2) is 6.54 Å². The number of nitrogens with zero attached hydrogens (tertiary/aromatic N) is 1. The highest BCUT2D eigenvalue weighted by molar-refractivity contribution is 5.33. The topological polar surface area (TPSA) is 35.8 Å². The summed E-state index contributed by atoms with van der Waals surface area (Å²) in [7, 11) is 0. The van der Waals surface area contributed by atoms with E-state index < -0.39 is 0 Å². The van der Waals surface area contributed by atoms with Crippen LogP contribution in [0.3, 0.4) is 0 Å². The largest absolute Gasteiger partial charge is 0.311 e. The Bertz CT molecular complexity index is 494. The fraction of sp³-hybridized carbons (Fsp3) is 0.588. The van der Waals surface area contributed by atoms with Crippen LogP contribution in [0.1, 0.15) is 48.8 Å². The minimum absolute atomic E-state index is 0.0613. The lowest BCUT2D eigenvalue weighted by Crippen LogP contribution is -2.38. The van der Waals surface area contributed by atoms with E-state index in [2.05, 4.69) is 29.6 Å². The number of aryl methyl sites for hydroxylation is 2. The Balaban J connectivity index is 1.57. The first kappa shape index (κ1) is 12.7. The van der Waals surface area contributed by atoms with Crippen molar-refractivity contribution in [1.29, 1.82) is 5.26 Å². The van der Waals surface area contributed by atoms with E-state index >= 15 is 0 Å². The summed E-state index contributed by atoms with van der Waals surface area (Å²) in [5.74, 6) is 0. The number of fused-ring (bicyclic) bond motifs is 1. The van der Waals surface area contributed by atoms with Gasteiger partial charge in [0.05, 0.1) is 11.5 Å². The van der Waals surface area contributed by atoms with E-state index in [4.69, 9.17) is 0 Å². The van der Waals surface area contributed by atoms with Gasteiger partial charge in [0, 0.05) is 13.1 Å². The van der Waals surface area contributed by atoms with E-state index in [0.717, 1.165) is 25.9 Å². The third kappa shape index (κ3) is 2.67. The molecule has 2 aliphatic rings. The van der Waals surface area contributed by atoms with E-state index in [1.54, 1.807) is 11.1 Å². The first-order valence-corrected chi connectivity index (χ1v) is 7.54. The molecule has 2 heteroatoms. The van der Waals surface area contributed by atoms with E-state index in [1.165, 1.54) is 37.7 Å². The van der Waals surface area contributed by atoms with Crippen molar-refractivity contribution in [3.63, 3.8) is 0 Å². The van der Waals surface area contributed by atoms with Crippen LogP contribution in [0, 0.1) is 16.7 Å². The first-order chi connectivity index (χ1) is 9.31. The highest BCUT2D eigenvalue weighted by Gasteiger charge is 2.36. The maximum Gasteiger partial charge on any atom is 0.0703 e. The van der Waals surface area contributed by atoms with Gasteiger partial charge in [0.15, 0.2) is 0 Å². The van der Waals surface area contributed by atoms with Crippen LogP contribution in [0.5, 0.6) is 0 Å². The molecule has 1 aromatic carbocycles. The van der Waals surface area contributed by atoms with Crippen LogP contribution in [0.15, 0.2) is 18.2 Å². The molecule has 19 heavy (non-hydrogen) atoms. The minimum atomic E-state index is -0.0613. The standard InChI is InChI=1S/C17H22N2/c18-12-17(8-3-9-17)13-19-11-14-6-7-15-4-1-2-5-16(15)10-14/h6-7,10,19H,1-5,8-9,11,13H2. The number of rotatable bonds is 4. The molecular weight excluding hydrogens is 232 g/mol. The molecule has 1 N–H and O–H groups in total. The minimum Gasteiger partial charge on any atom is -0.311 e. The van der Waals surface area contributed by atoms with Gasteiger partial charge in [-0.3, -0.25) is 0 Å². The third-order valence-electron chi connectivity index (χ3n) is 4.75. The fourth-order valence-corrected chi connectivity index (χ4v) is 3.27. The maximum atomic E-state index is 9.20. The lowest BCUT2D eigenvalue weighted by molar-refractivity contribution is 0.206. The van der Waals surface area contributed by atoms with E-state index in [-0.39, 0.29) is 5.41 Å². The van der Waals surface area contributed by atoms with Crippen LogP contribution < -0.4 is 5.32 Å². The van der Waals surface area contributed by atoms with Crippen molar-refractivity contribution in [3.8, 4) is 6.07 Å². The predicted octanol–water partition coefficient (Wildman–Crippen LogP) is 3.35. The molecule has 0 spiro atoms. The summed E-state index contributed by atoms with van der Waals surface area (Å²) in [6, 6.07) is 9.40. The Kier molecular flexibility index (Phi) is 3.57. The number of hydrogen-bond acceptors (Lipinski definition) is 2. The molecule has 0 radical (unpaired) electrons. The zero-order valence-corrected chi connectivity index (χ0v) is 11.5. The first-order valence-electron chi connectivity index (χ1n) is 7.54. The second kappa shape index (κ2) is 5.35. The van der Waals surface area contributed by atoms with E-state index in [9.17, 15) is 5.26 Å². The molecule has 0 heterocycles. The van der Waals surface area contributed by atoms with Crippen molar-refractivity contribution >= 4 is 0 Å². The smallest absolute Gasteiger partial charge is 0.0703 e. The molecule has 2 nitrogen and oxygen atoms in total. The highest BCUT2D eigenvalue weighted by Crippen LogP contribution is 2.39. The second-order valence-corrected chi connectivity index (χ2v) is 6.16. The number of hydrogen-bond donors (Lipinski definition) is 1. The summed E-state index contributed by atoms with van der Waals surface area (Å²) in [5.41, 5.74) is 4.40. The Morgan fingerprint density at radius 1 is 1.11 bits per heavy atom. The molecule has 0 atom stereocenters. The van der Waals surface area contributed by atoms with Gasteiger partial charge in [0.2, 0.25) is 0 Å². The molecule has 0 aliphatic heterocycles. The van der Waals surface area contributed by atoms with Crippen molar-refractivity contribution in [3.05, 3.63) is 34.9 Å². The number of benzene rings is 1. The van der Waals surface area contributed by atoms with Crippen LogP contribution in [0.25, 0.3) is 0 Å². The van der Waals surface area contributed by atoms with Gasteiger partial charge in [-0.25, -0.2) is 0 Å². The van der Waals surface area contributed by atoms with Crippen molar-refractivity contribution in [2.24, 2.45) is 5.41 Å². The summed E-state index contributed by atoms with van der Waals surface area (Å²) in [4.78, 5) is 0. The van der Waals surface area contributed by atoms with Crippen LogP contribution >= 0.6 is 0 Å². The second-order valence-electron chi connectivity index (χ2n) is 6.16. The molecule has 0 bridgehead atoms. The van der Waals surface area contributed by atoms with Gasteiger partial charge in [0.25, 0.3) is 0 Å². The molecule has 0 unspecified atom stereocenters. The Morgan fingerprint density at radius 2 is 1.89 bits per heavy atom. The summed E-state index contributed by atoms with van der Waals surface area (Å²) in [5, 5.41) is 12.7. The molecule has 0 aromatic heterocycles. The average Bonchev–Trinajstić information content (AvgIpc) is 2.42. The Hall–Kier alpha value is -1.33. The van der Waals surface area contributed by atoms with Crippen molar-refractivity contribution in [1.82, 2.24) is 5.32 Å². The lowest BCUT2D eigenvalue weighted by atomic mass is 9.70. The highest BCUT2D eigenvalue weighted by atomic mass is 14.9. The third-order valence-corrected chi connectivity index (χ3v) is 4.75. The van der Waals surface area contributed by atoms with Gasteiger partial charge in [-0.2, -0.15) is 5.26 Å². The van der Waals surface area contributed by atoms with Crippen molar-refractivity contribution in [2.75, 3.05) is 6.54 Å².